The van der Waals surface area contributed by atoms with Gasteiger partial charge in [-0.2, -0.15) is 0 Å². The molecule has 0 saturated carbocycles. The first-order valence-corrected chi connectivity index (χ1v) is 20.7. The van der Waals surface area contributed by atoms with E-state index in [0.29, 0.717) is 5.75 Å². The van der Waals surface area contributed by atoms with Crippen molar-refractivity contribution in [2.45, 2.75) is 86.2 Å². The number of hydrogen-bond acceptors (Lipinski definition) is 4. The fourth-order valence-corrected chi connectivity index (χ4v) is 10.8. The minimum absolute atomic E-state index is 0. The predicted octanol–water partition coefficient (Wildman–Crippen LogP) is 12.7. The monoisotopic (exact) mass is 948 g/mol. The third-order valence-corrected chi connectivity index (χ3v) is 14.3. The van der Waals surface area contributed by atoms with Crippen LogP contribution in [0.3, 0.4) is 0 Å². The van der Waals surface area contributed by atoms with Crippen LogP contribution in [0.4, 0.5) is 5.69 Å². The SMILES string of the molecule is Cc1cc2c(cc1C)N1C(=N[C@H]3c4ccccc4C[C@H]31)c1[c-]c3c(cc1-2)c(C)c(C)c1ccc2c(nc4c5c(O)c(C(C)(C)C)ccc5c5cc(C)c(C)cc5n24)c13.[Pt]. The van der Waals surface area contributed by atoms with Gasteiger partial charge >= 0.3 is 0 Å². The number of anilines is 1. The minimum atomic E-state index is -0.252. The topological polar surface area (TPSA) is 53.1 Å². The standard InChI is InChI=1S/C53H45N4O.Pt/c1-25-18-37-34-14-16-41(53(7,8)9)50(58)47(34)52-55-49-42(56(52)43(37)20-27(25)3)17-15-32-29(5)30(6)35-23-36-38-19-26(2)28(4)21-44(38)57-45-22-31-12-10-11-13-33(31)48(45)54-51(57)40(36)24-39(35)46(32)49;/h10-21,23,45,48,58H,22H2,1-9H3;/q-1;/t45-,48+;/m1./s1. The summed E-state index contributed by atoms with van der Waals surface area (Å²) in [6.45, 7) is 19.8. The van der Waals surface area contributed by atoms with E-state index >= 15 is 0 Å². The molecule has 2 aromatic heterocycles. The van der Waals surface area contributed by atoms with E-state index in [4.69, 9.17) is 9.98 Å². The van der Waals surface area contributed by atoms with Crippen LogP contribution in [-0.2, 0) is 32.9 Å². The summed E-state index contributed by atoms with van der Waals surface area (Å²) in [7, 11) is 0. The van der Waals surface area contributed by atoms with Gasteiger partial charge in [-0.3, -0.25) is 9.39 Å². The van der Waals surface area contributed by atoms with Gasteiger partial charge in [0, 0.05) is 37.7 Å². The van der Waals surface area contributed by atoms with Crippen LogP contribution in [0.5, 0.6) is 5.75 Å². The van der Waals surface area contributed by atoms with Crippen molar-refractivity contribution in [2.24, 2.45) is 4.99 Å². The van der Waals surface area contributed by atoms with Gasteiger partial charge in [-0.25, -0.2) is 4.98 Å². The zero-order valence-corrected chi connectivity index (χ0v) is 37.2. The Balaban J connectivity index is 0.00000397. The number of phenols is 1. The molecule has 0 unspecified atom stereocenters. The van der Waals surface area contributed by atoms with E-state index in [1.54, 1.807) is 0 Å². The van der Waals surface area contributed by atoms with Crippen LogP contribution in [0, 0.1) is 47.6 Å². The fourth-order valence-electron chi connectivity index (χ4n) is 10.8. The van der Waals surface area contributed by atoms with Gasteiger partial charge in [-0.1, -0.05) is 96.9 Å². The molecule has 2 aliphatic heterocycles. The molecule has 5 nitrogen and oxygen atoms in total. The van der Waals surface area contributed by atoms with Gasteiger partial charge in [-0.05, 0) is 133 Å². The van der Waals surface area contributed by atoms with E-state index in [-0.39, 0.29) is 38.6 Å². The van der Waals surface area contributed by atoms with Crippen LogP contribution in [0.25, 0.3) is 71.0 Å². The zero-order valence-electron chi connectivity index (χ0n) is 34.9. The van der Waals surface area contributed by atoms with Crippen LogP contribution in [-0.4, -0.2) is 26.4 Å². The predicted molar refractivity (Wildman–Crippen MR) is 241 cm³/mol. The second kappa shape index (κ2) is 12.0. The second-order valence-corrected chi connectivity index (χ2v) is 18.5. The van der Waals surface area contributed by atoms with E-state index in [9.17, 15) is 5.11 Å². The van der Waals surface area contributed by atoms with E-state index < -0.39 is 0 Å². The third kappa shape index (κ3) is 4.66. The number of aliphatic imine (C=N–C) groups is 1. The summed E-state index contributed by atoms with van der Waals surface area (Å²) < 4.78 is 2.30. The van der Waals surface area contributed by atoms with Crippen molar-refractivity contribution in [3.8, 4) is 16.9 Å². The molecule has 1 N–H and O–H groups in total. The normalized spacial score (nSPS) is 16.8. The van der Waals surface area contributed by atoms with Crippen LogP contribution in [0.2, 0.25) is 0 Å². The largest absolute Gasteiger partial charge is 0.507 e. The van der Waals surface area contributed by atoms with Gasteiger partial charge in [0.05, 0.1) is 39.9 Å². The molecule has 3 aliphatic rings. The zero-order chi connectivity index (χ0) is 39.8. The number of fused-ring (bicyclic) bond motifs is 22. The molecule has 0 radical (unpaired) electrons. The molecular weight excluding hydrogens is 904 g/mol. The molecule has 0 bridgehead atoms. The number of aromatic hydroxyl groups is 1. The molecule has 4 heterocycles. The number of imidazole rings is 1. The molecular formula is C53H45N4OPt-. The van der Waals surface area contributed by atoms with E-state index in [2.05, 4.69) is 157 Å². The molecule has 0 amide bonds. The van der Waals surface area contributed by atoms with Gasteiger partial charge in [0.15, 0.2) is 0 Å². The number of amidine groups is 1. The minimum Gasteiger partial charge on any atom is -0.507 e. The summed E-state index contributed by atoms with van der Waals surface area (Å²) in [5.74, 6) is 1.33. The Bertz CT molecular complexity index is 3460. The van der Waals surface area contributed by atoms with Crippen molar-refractivity contribution in [3.05, 3.63) is 141 Å². The molecule has 0 fully saturated rings. The maximum Gasteiger partial charge on any atom is 0.149 e. The quantitative estimate of drug-likeness (QED) is 0.122. The molecule has 294 valence electrons. The second-order valence-electron chi connectivity index (χ2n) is 18.5. The molecule has 0 saturated heterocycles. The van der Waals surface area contributed by atoms with Crippen LogP contribution < -0.4 is 4.90 Å². The van der Waals surface area contributed by atoms with Gasteiger partial charge in [0.2, 0.25) is 0 Å². The first-order chi connectivity index (χ1) is 27.8. The summed E-state index contributed by atoms with van der Waals surface area (Å²) in [4.78, 5) is 13.8. The average Bonchev–Trinajstić information content (AvgIpc) is 3.88. The van der Waals surface area contributed by atoms with Crippen molar-refractivity contribution in [1.29, 1.82) is 0 Å². The maximum atomic E-state index is 12.2. The van der Waals surface area contributed by atoms with E-state index in [0.717, 1.165) is 72.5 Å². The fraction of sp³-hybridized carbons (Fsp3) is 0.245. The molecule has 7 aromatic carbocycles. The Morgan fingerprint density at radius 1 is 0.712 bits per heavy atom. The Morgan fingerprint density at radius 3 is 2.22 bits per heavy atom. The van der Waals surface area contributed by atoms with Gasteiger partial charge in [0.1, 0.15) is 11.4 Å². The molecule has 0 spiro atoms. The molecule has 59 heavy (non-hydrogen) atoms. The van der Waals surface area contributed by atoms with Crippen molar-refractivity contribution in [1.82, 2.24) is 9.38 Å². The first-order valence-electron chi connectivity index (χ1n) is 20.7. The van der Waals surface area contributed by atoms with Crippen molar-refractivity contribution >= 4 is 71.4 Å². The summed E-state index contributed by atoms with van der Waals surface area (Å²) in [6, 6.07) is 33.9. The number of aryl methyl sites for hydroxylation is 6. The number of hydrogen-bond donors (Lipinski definition) is 1. The Labute approximate surface area is 358 Å². The van der Waals surface area contributed by atoms with Crippen LogP contribution in [0.1, 0.15) is 82.4 Å². The molecule has 2 atom stereocenters. The number of phenolic OH excluding ortho intramolecular Hbond substituents is 1. The van der Waals surface area contributed by atoms with E-state index in [1.807, 2.05) is 0 Å². The number of nitrogens with zero attached hydrogens (tertiary/aromatic N) is 4. The van der Waals surface area contributed by atoms with E-state index in [1.165, 1.54) is 72.1 Å². The van der Waals surface area contributed by atoms with Gasteiger partial charge < -0.3 is 10.0 Å². The van der Waals surface area contributed by atoms with Gasteiger partial charge in [-0.15, -0.1) is 17.5 Å². The van der Waals surface area contributed by atoms with Crippen molar-refractivity contribution in [3.63, 3.8) is 0 Å². The Morgan fingerprint density at radius 2 is 1.42 bits per heavy atom. The molecule has 1 aliphatic carbocycles. The Hall–Kier alpha value is -5.51. The number of aromatic nitrogens is 2. The third-order valence-electron chi connectivity index (χ3n) is 14.3. The maximum absolute atomic E-state index is 12.2. The smallest absolute Gasteiger partial charge is 0.149 e. The van der Waals surface area contributed by atoms with Gasteiger partial charge in [0.25, 0.3) is 0 Å². The summed E-state index contributed by atoms with van der Waals surface area (Å²) in [5, 5.41) is 19.7. The summed E-state index contributed by atoms with van der Waals surface area (Å²) in [5.41, 5.74) is 19.5. The summed E-state index contributed by atoms with van der Waals surface area (Å²) >= 11 is 0. The molecule has 6 heteroatoms. The Kier molecular flexibility index (Phi) is 7.46. The number of benzene rings is 7. The van der Waals surface area contributed by atoms with Crippen molar-refractivity contribution < 1.29 is 26.2 Å². The molecule has 12 rings (SSSR count). The number of rotatable bonds is 0. The number of pyridine rings is 1. The van der Waals surface area contributed by atoms with Crippen LogP contribution in [0.15, 0.2) is 83.9 Å². The summed E-state index contributed by atoms with van der Waals surface area (Å²) in [6.07, 6.45) is 0.969. The first kappa shape index (κ1) is 36.6. The van der Waals surface area contributed by atoms with Crippen LogP contribution >= 0.6 is 0 Å². The average molecular weight is 949 g/mol. The molecule has 9 aromatic rings. The van der Waals surface area contributed by atoms with Crippen molar-refractivity contribution in [2.75, 3.05) is 4.90 Å².